The minimum Gasteiger partial charge on any atom is -0.388 e. The molecule has 1 heterocycles. The summed E-state index contributed by atoms with van der Waals surface area (Å²) in [6.45, 7) is 0.414. The van der Waals surface area contributed by atoms with E-state index in [2.05, 4.69) is 9.72 Å². The summed E-state index contributed by atoms with van der Waals surface area (Å²) in [4.78, 5) is 3.39. The van der Waals surface area contributed by atoms with Crippen molar-refractivity contribution in [3.63, 3.8) is 0 Å². The molecule has 0 aliphatic carbocycles. The minimum atomic E-state index is -4.86. The zero-order chi connectivity index (χ0) is 13.1. The Balaban J connectivity index is 3.19. The molecule has 1 rings (SSSR count). The van der Waals surface area contributed by atoms with Crippen molar-refractivity contribution in [3.05, 3.63) is 22.9 Å². The number of nitrogens with zero attached hydrogens (tertiary/aromatic N) is 2. The van der Waals surface area contributed by atoms with E-state index in [0.29, 0.717) is 0 Å². The SMILES string of the molecule is Cc1c(OC(F)(F)F)ncc(CF)c1CC#N. The van der Waals surface area contributed by atoms with Crippen LogP contribution in [-0.4, -0.2) is 11.3 Å². The molecule has 7 heteroatoms. The highest BCUT2D eigenvalue weighted by atomic mass is 19.4. The smallest absolute Gasteiger partial charge is 0.388 e. The highest BCUT2D eigenvalue weighted by Crippen LogP contribution is 2.28. The molecule has 0 aromatic carbocycles. The zero-order valence-electron chi connectivity index (χ0n) is 8.81. The summed E-state index contributed by atoms with van der Waals surface area (Å²) in [7, 11) is 0. The number of nitriles is 1. The Labute approximate surface area is 94.6 Å². The Kier molecular flexibility index (Phi) is 3.89. The lowest BCUT2D eigenvalue weighted by atomic mass is 10.0. The maximum atomic E-state index is 12.5. The van der Waals surface area contributed by atoms with Crippen molar-refractivity contribution in [1.29, 1.82) is 5.26 Å². The van der Waals surface area contributed by atoms with Crippen molar-refractivity contribution < 1.29 is 22.3 Å². The maximum Gasteiger partial charge on any atom is 0.574 e. The lowest BCUT2D eigenvalue weighted by Crippen LogP contribution is -2.19. The first kappa shape index (κ1) is 13.2. The van der Waals surface area contributed by atoms with E-state index in [9.17, 15) is 17.6 Å². The van der Waals surface area contributed by atoms with Crippen LogP contribution in [0.2, 0.25) is 0 Å². The third kappa shape index (κ3) is 3.31. The molecule has 0 spiro atoms. The average Bonchev–Trinajstić information content (AvgIpc) is 2.23. The average molecular weight is 248 g/mol. The van der Waals surface area contributed by atoms with Gasteiger partial charge in [-0.15, -0.1) is 13.2 Å². The predicted octanol–water partition coefficient (Wildman–Crippen LogP) is 2.82. The molecule has 0 amide bonds. The van der Waals surface area contributed by atoms with Gasteiger partial charge < -0.3 is 4.74 Å². The molecule has 0 unspecified atom stereocenters. The number of alkyl halides is 4. The molecule has 0 bridgehead atoms. The number of hydrogen-bond donors (Lipinski definition) is 0. The standard InChI is InChI=1S/C10H8F4N2O/c1-6-8(2-3-15)7(4-11)5-16-9(6)17-10(12,13)14/h5H,2,4H2,1H3. The van der Waals surface area contributed by atoms with E-state index < -0.39 is 18.9 Å². The Morgan fingerprint density at radius 3 is 2.59 bits per heavy atom. The highest BCUT2D eigenvalue weighted by molar-refractivity contribution is 5.40. The van der Waals surface area contributed by atoms with Gasteiger partial charge in [0.15, 0.2) is 0 Å². The van der Waals surface area contributed by atoms with Crippen LogP contribution >= 0.6 is 0 Å². The van der Waals surface area contributed by atoms with Crippen LogP contribution in [0.1, 0.15) is 16.7 Å². The van der Waals surface area contributed by atoms with Crippen LogP contribution in [-0.2, 0) is 13.1 Å². The van der Waals surface area contributed by atoms with Crippen LogP contribution in [0, 0.1) is 18.3 Å². The van der Waals surface area contributed by atoms with E-state index in [4.69, 9.17) is 5.26 Å². The molecule has 0 aliphatic heterocycles. The second kappa shape index (κ2) is 4.99. The van der Waals surface area contributed by atoms with Crippen molar-refractivity contribution >= 4 is 0 Å². The van der Waals surface area contributed by atoms with Crippen LogP contribution in [0.5, 0.6) is 5.88 Å². The first-order chi connectivity index (χ1) is 7.89. The quantitative estimate of drug-likeness (QED) is 0.772. The van der Waals surface area contributed by atoms with E-state index in [1.165, 1.54) is 6.92 Å². The van der Waals surface area contributed by atoms with E-state index in [1.54, 1.807) is 6.07 Å². The van der Waals surface area contributed by atoms with Crippen molar-refractivity contribution in [1.82, 2.24) is 4.98 Å². The normalized spacial score (nSPS) is 11.1. The lowest BCUT2D eigenvalue weighted by molar-refractivity contribution is -0.276. The van der Waals surface area contributed by atoms with Gasteiger partial charge in [0.2, 0.25) is 5.88 Å². The summed E-state index contributed by atoms with van der Waals surface area (Å²) in [6, 6.07) is 1.76. The Morgan fingerprint density at radius 1 is 1.47 bits per heavy atom. The number of ether oxygens (including phenoxy) is 1. The summed E-state index contributed by atoms with van der Waals surface area (Å²) in [6.07, 6.45) is -4.11. The Hall–Kier alpha value is -1.84. The summed E-state index contributed by atoms with van der Waals surface area (Å²) < 4.78 is 52.3. The molecule has 0 radical (unpaired) electrons. The Morgan fingerprint density at radius 2 is 2.12 bits per heavy atom. The molecule has 0 saturated heterocycles. The third-order valence-corrected chi connectivity index (χ3v) is 2.11. The number of hydrogen-bond acceptors (Lipinski definition) is 3. The number of pyridine rings is 1. The van der Waals surface area contributed by atoms with E-state index in [0.717, 1.165) is 6.20 Å². The zero-order valence-corrected chi connectivity index (χ0v) is 8.81. The first-order valence-electron chi connectivity index (χ1n) is 4.55. The van der Waals surface area contributed by atoms with E-state index in [-0.39, 0.29) is 23.1 Å². The van der Waals surface area contributed by atoms with E-state index in [1.807, 2.05) is 0 Å². The highest BCUT2D eigenvalue weighted by Gasteiger charge is 2.33. The molecule has 17 heavy (non-hydrogen) atoms. The van der Waals surface area contributed by atoms with Gasteiger partial charge >= 0.3 is 6.36 Å². The van der Waals surface area contributed by atoms with Crippen molar-refractivity contribution in [2.75, 3.05) is 0 Å². The summed E-state index contributed by atoms with van der Waals surface area (Å²) in [5.41, 5.74) is 0.307. The summed E-state index contributed by atoms with van der Waals surface area (Å²) >= 11 is 0. The van der Waals surface area contributed by atoms with Crippen molar-refractivity contribution in [2.24, 2.45) is 0 Å². The van der Waals surface area contributed by atoms with Gasteiger partial charge in [0.1, 0.15) is 6.67 Å². The fourth-order valence-corrected chi connectivity index (χ4v) is 1.33. The molecule has 3 nitrogen and oxygen atoms in total. The van der Waals surface area contributed by atoms with Crippen molar-refractivity contribution in [3.8, 4) is 11.9 Å². The van der Waals surface area contributed by atoms with Gasteiger partial charge in [0.25, 0.3) is 0 Å². The van der Waals surface area contributed by atoms with Crippen LogP contribution in [0.25, 0.3) is 0 Å². The molecular weight excluding hydrogens is 240 g/mol. The fourth-order valence-electron chi connectivity index (χ4n) is 1.33. The molecule has 0 fully saturated rings. The summed E-state index contributed by atoms with van der Waals surface area (Å²) in [5.74, 6) is -0.653. The molecule has 0 aliphatic rings. The first-order valence-corrected chi connectivity index (χ1v) is 4.55. The van der Waals surface area contributed by atoms with Gasteiger partial charge in [-0.3, -0.25) is 0 Å². The minimum absolute atomic E-state index is 0.0269. The second-order valence-corrected chi connectivity index (χ2v) is 3.21. The molecular formula is C10H8F4N2O. The number of halogens is 4. The number of aromatic nitrogens is 1. The van der Waals surface area contributed by atoms with Gasteiger partial charge in [-0.1, -0.05) is 0 Å². The molecule has 0 atom stereocenters. The second-order valence-electron chi connectivity index (χ2n) is 3.21. The van der Waals surface area contributed by atoms with Gasteiger partial charge in [-0.05, 0) is 12.5 Å². The van der Waals surface area contributed by atoms with Crippen LogP contribution in [0.15, 0.2) is 6.20 Å². The Bertz CT molecular complexity index is 451. The molecule has 92 valence electrons. The third-order valence-electron chi connectivity index (χ3n) is 2.11. The van der Waals surface area contributed by atoms with Crippen LogP contribution in [0.3, 0.4) is 0 Å². The molecule has 0 N–H and O–H groups in total. The van der Waals surface area contributed by atoms with Crippen LogP contribution in [0.4, 0.5) is 17.6 Å². The van der Waals surface area contributed by atoms with Gasteiger partial charge in [-0.25, -0.2) is 9.37 Å². The largest absolute Gasteiger partial charge is 0.574 e. The van der Waals surface area contributed by atoms with Gasteiger partial charge in [-0.2, -0.15) is 5.26 Å². The number of rotatable bonds is 3. The predicted molar refractivity (Wildman–Crippen MR) is 49.8 cm³/mol. The van der Waals surface area contributed by atoms with Crippen molar-refractivity contribution in [2.45, 2.75) is 26.4 Å². The summed E-state index contributed by atoms with van der Waals surface area (Å²) in [5, 5.41) is 8.53. The topological polar surface area (TPSA) is 45.9 Å². The van der Waals surface area contributed by atoms with E-state index >= 15 is 0 Å². The van der Waals surface area contributed by atoms with Gasteiger partial charge in [0, 0.05) is 17.3 Å². The molecule has 1 aromatic heterocycles. The fraction of sp³-hybridized carbons (Fsp3) is 0.400. The molecule has 0 saturated carbocycles. The lowest BCUT2D eigenvalue weighted by Gasteiger charge is -2.13. The van der Waals surface area contributed by atoms with Gasteiger partial charge in [0.05, 0.1) is 12.5 Å². The molecule has 1 aromatic rings. The van der Waals surface area contributed by atoms with Crippen LogP contribution < -0.4 is 4.74 Å². The maximum absolute atomic E-state index is 12.5. The monoisotopic (exact) mass is 248 g/mol.